The lowest BCUT2D eigenvalue weighted by molar-refractivity contribution is 0.122. The Morgan fingerprint density at radius 2 is 1.88 bits per heavy atom. The highest BCUT2D eigenvalue weighted by molar-refractivity contribution is 7.91. The normalized spacial score (nSPS) is 12.2. The summed E-state index contributed by atoms with van der Waals surface area (Å²) in [5, 5.41) is 20.1. The molecule has 0 aliphatic heterocycles. The lowest BCUT2D eigenvalue weighted by Crippen LogP contribution is -2.33. The quantitative estimate of drug-likeness (QED) is 0.290. The Labute approximate surface area is 231 Å². The van der Waals surface area contributed by atoms with Crippen LogP contribution in [0.1, 0.15) is 48.8 Å². The van der Waals surface area contributed by atoms with Gasteiger partial charge in [-0.2, -0.15) is 14.6 Å². The molecule has 0 aliphatic carbocycles. The van der Waals surface area contributed by atoms with Crippen molar-refractivity contribution in [2.75, 3.05) is 6.61 Å². The van der Waals surface area contributed by atoms with E-state index in [9.17, 15) is 28.0 Å². The molecular formula is C29H27FN4O5S. The van der Waals surface area contributed by atoms with E-state index in [-0.39, 0.29) is 17.3 Å². The van der Waals surface area contributed by atoms with Gasteiger partial charge in [0.1, 0.15) is 12.4 Å². The van der Waals surface area contributed by atoms with E-state index in [0.29, 0.717) is 40.8 Å². The Hall–Kier alpha value is -4.40. The van der Waals surface area contributed by atoms with Crippen molar-refractivity contribution in [3.63, 3.8) is 0 Å². The lowest BCUT2D eigenvalue weighted by atomic mass is 10.0. The molecule has 0 aliphatic rings. The molecule has 40 heavy (non-hydrogen) atoms. The SMILES string of the molecule is CCOCc1nc(O)c(S(=O)(=O)c2ccc(-c3ccnc(F)c3C)cc2)c(=O)n1[C@@H](CC)c1cccc(C#N)c1. The minimum atomic E-state index is -4.54. The maximum absolute atomic E-state index is 13.9. The van der Waals surface area contributed by atoms with Crippen molar-refractivity contribution in [1.82, 2.24) is 14.5 Å². The fourth-order valence-corrected chi connectivity index (χ4v) is 5.88. The zero-order valence-electron chi connectivity index (χ0n) is 22.1. The maximum atomic E-state index is 13.9. The van der Waals surface area contributed by atoms with Crippen LogP contribution in [0, 0.1) is 24.2 Å². The van der Waals surface area contributed by atoms with Gasteiger partial charge < -0.3 is 9.84 Å². The number of nitriles is 1. The molecule has 1 N–H and O–H groups in total. The number of sulfone groups is 1. The Morgan fingerprint density at radius 1 is 1.15 bits per heavy atom. The van der Waals surface area contributed by atoms with Gasteiger partial charge in [-0.3, -0.25) is 9.36 Å². The summed E-state index contributed by atoms with van der Waals surface area (Å²) >= 11 is 0. The van der Waals surface area contributed by atoms with Gasteiger partial charge in [-0.25, -0.2) is 13.4 Å². The first-order valence-electron chi connectivity index (χ1n) is 12.5. The van der Waals surface area contributed by atoms with Crippen molar-refractivity contribution in [2.45, 2.75) is 49.6 Å². The molecule has 4 rings (SSSR count). The van der Waals surface area contributed by atoms with Gasteiger partial charge in [0, 0.05) is 18.4 Å². The van der Waals surface area contributed by atoms with Gasteiger partial charge in [0.25, 0.3) is 5.56 Å². The van der Waals surface area contributed by atoms with Gasteiger partial charge in [0.05, 0.1) is 22.6 Å². The average molecular weight is 563 g/mol. The number of nitrogens with zero attached hydrogens (tertiary/aromatic N) is 4. The maximum Gasteiger partial charge on any atom is 0.277 e. The van der Waals surface area contributed by atoms with Gasteiger partial charge >= 0.3 is 0 Å². The molecule has 4 aromatic rings. The summed E-state index contributed by atoms with van der Waals surface area (Å²) in [5.41, 5.74) is 1.40. The van der Waals surface area contributed by atoms with Crippen LogP contribution in [-0.4, -0.2) is 34.7 Å². The molecule has 0 saturated heterocycles. The fraction of sp³-hybridized carbons (Fsp3) is 0.241. The lowest BCUT2D eigenvalue weighted by Gasteiger charge is -2.23. The highest BCUT2D eigenvalue weighted by Crippen LogP contribution is 2.31. The predicted octanol–water partition coefficient (Wildman–Crippen LogP) is 4.70. The van der Waals surface area contributed by atoms with Crippen LogP contribution in [-0.2, 0) is 21.2 Å². The molecule has 0 unspecified atom stereocenters. The van der Waals surface area contributed by atoms with Crippen LogP contribution in [0.3, 0.4) is 0 Å². The summed E-state index contributed by atoms with van der Waals surface area (Å²) < 4.78 is 48.0. The second-order valence-electron chi connectivity index (χ2n) is 8.96. The van der Waals surface area contributed by atoms with Crippen molar-refractivity contribution >= 4 is 9.84 Å². The highest BCUT2D eigenvalue weighted by atomic mass is 32.2. The first kappa shape index (κ1) is 28.6. The number of ether oxygens (including phenoxy) is 1. The molecule has 0 radical (unpaired) electrons. The van der Waals surface area contributed by atoms with Crippen LogP contribution >= 0.6 is 0 Å². The van der Waals surface area contributed by atoms with Crippen LogP contribution in [0.25, 0.3) is 11.1 Å². The van der Waals surface area contributed by atoms with Crippen LogP contribution in [0.15, 0.2) is 75.4 Å². The van der Waals surface area contributed by atoms with E-state index in [4.69, 9.17) is 4.74 Å². The summed E-state index contributed by atoms with van der Waals surface area (Å²) in [6, 6.07) is 15.2. The van der Waals surface area contributed by atoms with E-state index < -0.39 is 38.2 Å². The van der Waals surface area contributed by atoms with Crippen molar-refractivity contribution in [3.8, 4) is 23.1 Å². The summed E-state index contributed by atoms with van der Waals surface area (Å²) in [6.07, 6.45) is 1.67. The Balaban J connectivity index is 1.88. The first-order valence-corrected chi connectivity index (χ1v) is 14.0. The van der Waals surface area contributed by atoms with Crippen LogP contribution in [0.5, 0.6) is 5.88 Å². The Bertz CT molecular complexity index is 1760. The van der Waals surface area contributed by atoms with Gasteiger partial charge in [0.2, 0.25) is 21.7 Å². The van der Waals surface area contributed by atoms with Gasteiger partial charge in [0.15, 0.2) is 4.90 Å². The van der Waals surface area contributed by atoms with E-state index in [0.717, 1.165) is 0 Å². The predicted molar refractivity (Wildman–Crippen MR) is 145 cm³/mol. The first-order chi connectivity index (χ1) is 19.1. The van der Waals surface area contributed by atoms with E-state index in [1.165, 1.54) is 35.0 Å². The zero-order chi connectivity index (χ0) is 29.0. The molecule has 0 bridgehead atoms. The monoisotopic (exact) mass is 562 g/mol. The second kappa shape index (κ2) is 11.8. The number of rotatable bonds is 9. The molecule has 2 heterocycles. The molecule has 0 amide bonds. The topological polar surface area (TPSA) is 135 Å². The van der Waals surface area contributed by atoms with Gasteiger partial charge in [-0.15, -0.1) is 0 Å². The molecule has 206 valence electrons. The number of hydrogen-bond acceptors (Lipinski definition) is 8. The minimum absolute atomic E-state index is 0.0445. The van der Waals surface area contributed by atoms with Crippen LogP contribution in [0.2, 0.25) is 0 Å². The number of pyridine rings is 1. The number of aromatic hydroxyl groups is 1. The number of hydrogen-bond donors (Lipinski definition) is 1. The summed E-state index contributed by atoms with van der Waals surface area (Å²) in [4.78, 5) is 20.5. The number of aromatic nitrogens is 3. The molecule has 0 saturated carbocycles. The standard InChI is InChI=1S/C29H27FN4O5S/c1-4-24(21-8-6-7-19(15-21)16-31)34-25(17-39-5-2)33-28(35)26(29(34)36)40(37,38)22-11-9-20(10-12-22)23-13-14-32-27(30)18(23)3/h6-15,24,35H,4-5,17H2,1-3H3/t24-/m0/s1. The average Bonchev–Trinajstić information content (AvgIpc) is 2.95. The molecule has 2 aromatic heterocycles. The van der Waals surface area contributed by atoms with Crippen LogP contribution in [0.4, 0.5) is 4.39 Å². The van der Waals surface area contributed by atoms with E-state index in [1.54, 1.807) is 44.2 Å². The number of halogens is 1. The molecule has 11 heteroatoms. The third-order valence-electron chi connectivity index (χ3n) is 6.55. The van der Waals surface area contributed by atoms with Crippen LogP contribution < -0.4 is 5.56 Å². The zero-order valence-corrected chi connectivity index (χ0v) is 22.9. The molecule has 1 atom stereocenters. The highest BCUT2D eigenvalue weighted by Gasteiger charge is 2.32. The summed E-state index contributed by atoms with van der Waals surface area (Å²) in [6.45, 7) is 5.27. The third-order valence-corrected chi connectivity index (χ3v) is 8.34. The van der Waals surface area contributed by atoms with Crippen molar-refractivity contribution in [2.24, 2.45) is 0 Å². The molecule has 0 fully saturated rings. The minimum Gasteiger partial charge on any atom is -0.492 e. The van der Waals surface area contributed by atoms with E-state index in [1.807, 2.05) is 6.92 Å². The molecule has 0 spiro atoms. The van der Waals surface area contributed by atoms with Crippen molar-refractivity contribution in [3.05, 3.63) is 99.6 Å². The summed E-state index contributed by atoms with van der Waals surface area (Å²) in [5.74, 6) is -1.53. The molecule has 2 aromatic carbocycles. The van der Waals surface area contributed by atoms with Gasteiger partial charge in [-0.1, -0.05) is 31.2 Å². The second-order valence-corrected chi connectivity index (χ2v) is 10.8. The Kier molecular flexibility index (Phi) is 8.42. The summed E-state index contributed by atoms with van der Waals surface area (Å²) in [7, 11) is -4.54. The van der Waals surface area contributed by atoms with E-state index >= 15 is 0 Å². The Morgan fingerprint density at radius 3 is 2.52 bits per heavy atom. The third kappa shape index (κ3) is 5.36. The number of benzene rings is 2. The molecule has 9 nitrogen and oxygen atoms in total. The van der Waals surface area contributed by atoms with Crippen molar-refractivity contribution in [1.29, 1.82) is 5.26 Å². The largest absolute Gasteiger partial charge is 0.492 e. The van der Waals surface area contributed by atoms with Gasteiger partial charge in [-0.05, 0) is 67.3 Å². The molecular weight excluding hydrogens is 535 g/mol. The van der Waals surface area contributed by atoms with Crippen molar-refractivity contribution < 1.29 is 22.7 Å². The fourth-order valence-electron chi connectivity index (χ4n) is 4.54. The smallest absolute Gasteiger partial charge is 0.277 e. The van der Waals surface area contributed by atoms with E-state index in [2.05, 4.69) is 16.0 Å².